The quantitative estimate of drug-likeness (QED) is 0.605. The Labute approximate surface area is 110 Å². The molecule has 0 unspecified atom stereocenters. The number of nitrogens with two attached hydrogens (primary N) is 1. The zero-order chi connectivity index (χ0) is 14.3. The number of carbonyl (C=O) groups is 2. The highest BCUT2D eigenvalue weighted by Crippen LogP contribution is 2.23. The monoisotopic (exact) mass is 265 g/mol. The number of ether oxygens (including phenoxy) is 3. The summed E-state index contributed by atoms with van der Waals surface area (Å²) in [5.41, 5.74) is 5.55. The molecule has 19 heavy (non-hydrogen) atoms. The van der Waals surface area contributed by atoms with Gasteiger partial charge in [0.05, 0.1) is 14.2 Å². The van der Waals surface area contributed by atoms with Crippen molar-refractivity contribution in [1.29, 1.82) is 0 Å². The third-order valence-electron chi connectivity index (χ3n) is 2.14. The second kappa shape index (κ2) is 7.05. The Kier molecular flexibility index (Phi) is 5.40. The van der Waals surface area contributed by atoms with Gasteiger partial charge in [-0.2, -0.15) is 0 Å². The van der Waals surface area contributed by atoms with E-state index < -0.39 is 18.5 Å². The molecule has 1 aromatic carbocycles. The SMILES string of the molecule is COc1cc(/C=C/C(=O)OCC(N)=O)cc(OC)c1. The summed E-state index contributed by atoms with van der Waals surface area (Å²) < 4.78 is 14.8. The summed E-state index contributed by atoms with van der Waals surface area (Å²) in [5, 5.41) is 0. The van der Waals surface area contributed by atoms with Crippen molar-refractivity contribution in [2.24, 2.45) is 5.73 Å². The standard InChI is InChI=1S/C13H15NO5/c1-17-10-5-9(6-11(7-10)18-2)3-4-13(16)19-8-12(14)15/h3-7H,8H2,1-2H3,(H2,14,15)/b4-3+. The molecule has 0 heterocycles. The second-order valence-corrected chi connectivity index (χ2v) is 3.55. The Morgan fingerprint density at radius 3 is 2.21 bits per heavy atom. The van der Waals surface area contributed by atoms with Gasteiger partial charge in [0.15, 0.2) is 6.61 Å². The third kappa shape index (κ3) is 5.12. The van der Waals surface area contributed by atoms with Gasteiger partial charge in [0.25, 0.3) is 5.91 Å². The van der Waals surface area contributed by atoms with E-state index in [2.05, 4.69) is 4.74 Å². The van der Waals surface area contributed by atoms with E-state index in [-0.39, 0.29) is 0 Å². The van der Waals surface area contributed by atoms with Crippen molar-refractivity contribution in [3.05, 3.63) is 29.8 Å². The molecule has 0 atom stereocenters. The van der Waals surface area contributed by atoms with Crippen molar-refractivity contribution >= 4 is 18.0 Å². The zero-order valence-corrected chi connectivity index (χ0v) is 10.7. The molecule has 1 amide bonds. The Bertz CT molecular complexity index is 474. The number of hydrogen-bond donors (Lipinski definition) is 1. The normalized spacial score (nSPS) is 10.2. The second-order valence-electron chi connectivity index (χ2n) is 3.55. The van der Waals surface area contributed by atoms with Crippen molar-refractivity contribution in [2.45, 2.75) is 0 Å². The van der Waals surface area contributed by atoms with Gasteiger partial charge in [-0.15, -0.1) is 0 Å². The minimum atomic E-state index is -0.704. The molecule has 1 rings (SSSR count). The summed E-state index contributed by atoms with van der Waals surface area (Å²) in [6.45, 7) is -0.440. The van der Waals surface area contributed by atoms with Gasteiger partial charge in [0.2, 0.25) is 0 Å². The molecule has 0 radical (unpaired) electrons. The predicted octanol–water partition coefficient (Wildman–Crippen LogP) is 0.745. The summed E-state index contributed by atoms with van der Waals surface area (Å²) in [6, 6.07) is 5.16. The summed E-state index contributed by atoms with van der Waals surface area (Å²) in [7, 11) is 3.06. The van der Waals surface area contributed by atoms with Gasteiger partial charge in [-0.05, 0) is 23.8 Å². The first-order valence-corrected chi connectivity index (χ1v) is 5.41. The Hall–Kier alpha value is -2.50. The van der Waals surface area contributed by atoms with Gasteiger partial charge in [0.1, 0.15) is 11.5 Å². The highest BCUT2D eigenvalue weighted by molar-refractivity contribution is 5.89. The van der Waals surface area contributed by atoms with Crippen LogP contribution in [0.5, 0.6) is 11.5 Å². The highest BCUT2D eigenvalue weighted by atomic mass is 16.5. The fourth-order valence-corrected chi connectivity index (χ4v) is 1.28. The maximum Gasteiger partial charge on any atom is 0.331 e. The lowest BCUT2D eigenvalue weighted by atomic mass is 10.2. The topological polar surface area (TPSA) is 87.9 Å². The summed E-state index contributed by atoms with van der Waals surface area (Å²) in [4.78, 5) is 21.7. The van der Waals surface area contributed by atoms with E-state index in [1.165, 1.54) is 26.4 Å². The Morgan fingerprint density at radius 2 is 1.74 bits per heavy atom. The lowest BCUT2D eigenvalue weighted by Gasteiger charge is -2.05. The van der Waals surface area contributed by atoms with E-state index in [0.717, 1.165) is 0 Å². The van der Waals surface area contributed by atoms with Crippen molar-refractivity contribution in [2.75, 3.05) is 20.8 Å². The molecular formula is C13H15NO5. The first-order chi connectivity index (χ1) is 9.05. The van der Waals surface area contributed by atoms with Crippen LogP contribution in [0.2, 0.25) is 0 Å². The van der Waals surface area contributed by atoms with Crippen LogP contribution in [-0.2, 0) is 14.3 Å². The molecule has 0 aromatic heterocycles. The van der Waals surface area contributed by atoms with Crippen molar-refractivity contribution in [1.82, 2.24) is 0 Å². The van der Waals surface area contributed by atoms with Crippen LogP contribution < -0.4 is 15.2 Å². The fourth-order valence-electron chi connectivity index (χ4n) is 1.28. The van der Waals surface area contributed by atoms with Crippen LogP contribution >= 0.6 is 0 Å². The molecule has 0 saturated carbocycles. The van der Waals surface area contributed by atoms with Gasteiger partial charge >= 0.3 is 5.97 Å². The van der Waals surface area contributed by atoms with Crippen molar-refractivity contribution in [3.8, 4) is 11.5 Å². The van der Waals surface area contributed by atoms with Crippen LogP contribution in [0.25, 0.3) is 6.08 Å². The van der Waals surface area contributed by atoms with Gasteiger partial charge in [-0.1, -0.05) is 0 Å². The number of primary amides is 1. The van der Waals surface area contributed by atoms with Gasteiger partial charge in [0, 0.05) is 12.1 Å². The van der Waals surface area contributed by atoms with E-state index >= 15 is 0 Å². The molecule has 102 valence electrons. The number of amides is 1. The van der Waals surface area contributed by atoms with E-state index in [0.29, 0.717) is 17.1 Å². The first-order valence-electron chi connectivity index (χ1n) is 5.41. The minimum absolute atomic E-state index is 0.440. The highest BCUT2D eigenvalue weighted by Gasteiger charge is 2.02. The molecule has 0 spiro atoms. The smallest absolute Gasteiger partial charge is 0.331 e. The van der Waals surface area contributed by atoms with E-state index in [1.807, 2.05) is 0 Å². The molecule has 0 fully saturated rings. The van der Waals surface area contributed by atoms with Crippen LogP contribution in [0.3, 0.4) is 0 Å². The number of hydrogen-bond acceptors (Lipinski definition) is 5. The Morgan fingerprint density at radius 1 is 1.16 bits per heavy atom. The van der Waals surface area contributed by atoms with Gasteiger partial charge in [-0.25, -0.2) is 4.79 Å². The lowest BCUT2D eigenvalue weighted by molar-refractivity contribution is -0.142. The zero-order valence-electron chi connectivity index (χ0n) is 10.7. The first kappa shape index (κ1) is 14.6. The van der Waals surface area contributed by atoms with Crippen molar-refractivity contribution < 1.29 is 23.8 Å². The summed E-state index contributed by atoms with van der Waals surface area (Å²) in [5.74, 6) is -0.153. The average molecular weight is 265 g/mol. The number of carbonyl (C=O) groups excluding carboxylic acids is 2. The Balaban J connectivity index is 2.75. The molecule has 0 aliphatic rings. The number of benzene rings is 1. The van der Waals surface area contributed by atoms with Gasteiger partial charge < -0.3 is 19.9 Å². The molecule has 0 saturated heterocycles. The van der Waals surface area contributed by atoms with Crippen LogP contribution in [0.4, 0.5) is 0 Å². The van der Waals surface area contributed by atoms with E-state index in [9.17, 15) is 9.59 Å². The summed E-state index contributed by atoms with van der Waals surface area (Å²) in [6.07, 6.45) is 2.71. The van der Waals surface area contributed by atoms with Gasteiger partial charge in [-0.3, -0.25) is 4.79 Å². The maximum atomic E-state index is 11.3. The average Bonchev–Trinajstić information content (AvgIpc) is 2.42. The van der Waals surface area contributed by atoms with Crippen molar-refractivity contribution in [3.63, 3.8) is 0 Å². The van der Waals surface area contributed by atoms with Crippen LogP contribution in [0, 0.1) is 0 Å². The molecule has 6 nitrogen and oxygen atoms in total. The minimum Gasteiger partial charge on any atom is -0.497 e. The number of rotatable bonds is 6. The molecule has 2 N–H and O–H groups in total. The van der Waals surface area contributed by atoms with Crippen LogP contribution in [-0.4, -0.2) is 32.7 Å². The molecule has 0 aliphatic carbocycles. The van der Waals surface area contributed by atoms with Crippen LogP contribution in [0.15, 0.2) is 24.3 Å². The fraction of sp³-hybridized carbons (Fsp3) is 0.231. The third-order valence-corrected chi connectivity index (χ3v) is 2.14. The maximum absolute atomic E-state index is 11.3. The summed E-state index contributed by atoms with van der Waals surface area (Å²) >= 11 is 0. The lowest BCUT2D eigenvalue weighted by Crippen LogP contribution is -2.19. The largest absolute Gasteiger partial charge is 0.497 e. The number of methoxy groups -OCH3 is 2. The molecule has 6 heteroatoms. The number of esters is 1. The molecule has 0 aliphatic heterocycles. The predicted molar refractivity (Wildman–Crippen MR) is 68.7 cm³/mol. The molecule has 1 aromatic rings. The molecular weight excluding hydrogens is 250 g/mol. The van der Waals surface area contributed by atoms with Crippen LogP contribution in [0.1, 0.15) is 5.56 Å². The molecule has 0 bridgehead atoms. The van der Waals surface area contributed by atoms with E-state index in [4.69, 9.17) is 15.2 Å². The van der Waals surface area contributed by atoms with E-state index in [1.54, 1.807) is 18.2 Å².